The maximum absolute atomic E-state index is 14.4. The summed E-state index contributed by atoms with van der Waals surface area (Å²) in [5.41, 5.74) is 1.30. The van der Waals surface area contributed by atoms with E-state index < -0.39 is 22.0 Å². The quantitative estimate of drug-likeness (QED) is 0.471. The van der Waals surface area contributed by atoms with E-state index in [0.717, 1.165) is 31.3 Å². The predicted octanol–water partition coefficient (Wildman–Crippen LogP) is 5.62. The SMILES string of the molecule is Cc1cc([N+](=O)[O-])c(F)cc1C1=CC(C2CC2)N(C(=O)OC(C)(C)C)C(C2CC2)C1. The Balaban J connectivity index is 1.73. The van der Waals surface area contributed by atoms with Gasteiger partial charge in [-0.2, -0.15) is 4.39 Å². The summed E-state index contributed by atoms with van der Waals surface area (Å²) in [5.74, 6) is -0.00930. The van der Waals surface area contributed by atoms with Crippen LogP contribution >= 0.6 is 0 Å². The number of nitro benzene ring substituents is 1. The van der Waals surface area contributed by atoms with Gasteiger partial charge in [-0.05, 0) is 94.4 Å². The summed E-state index contributed by atoms with van der Waals surface area (Å²) >= 11 is 0. The second-order valence-corrected chi connectivity index (χ2v) is 9.89. The first-order valence-electron chi connectivity index (χ1n) is 10.7. The van der Waals surface area contributed by atoms with Gasteiger partial charge in [-0.25, -0.2) is 4.79 Å². The van der Waals surface area contributed by atoms with Crippen molar-refractivity contribution in [1.82, 2.24) is 4.90 Å². The van der Waals surface area contributed by atoms with Crippen LogP contribution in [0.15, 0.2) is 18.2 Å². The maximum Gasteiger partial charge on any atom is 0.411 e. The van der Waals surface area contributed by atoms with Crippen LogP contribution in [0.1, 0.15) is 64.0 Å². The van der Waals surface area contributed by atoms with Crippen LogP contribution in [0.4, 0.5) is 14.9 Å². The largest absolute Gasteiger partial charge is 0.444 e. The van der Waals surface area contributed by atoms with E-state index in [0.29, 0.717) is 29.4 Å². The monoisotopic (exact) mass is 416 g/mol. The smallest absolute Gasteiger partial charge is 0.411 e. The van der Waals surface area contributed by atoms with Gasteiger partial charge in [0.2, 0.25) is 5.82 Å². The molecule has 4 rings (SSSR count). The summed E-state index contributed by atoms with van der Waals surface area (Å²) in [5, 5.41) is 11.1. The van der Waals surface area contributed by atoms with Crippen molar-refractivity contribution in [2.45, 2.75) is 77.5 Å². The molecule has 6 nitrogen and oxygen atoms in total. The van der Waals surface area contributed by atoms with Crippen molar-refractivity contribution in [1.29, 1.82) is 0 Å². The van der Waals surface area contributed by atoms with Crippen molar-refractivity contribution in [3.63, 3.8) is 0 Å². The zero-order chi connectivity index (χ0) is 21.8. The Kier molecular flexibility index (Phi) is 5.11. The van der Waals surface area contributed by atoms with Crippen molar-refractivity contribution >= 4 is 17.4 Å². The van der Waals surface area contributed by atoms with E-state index in [1.165, 1.54) is 12.1 Å². The number of rotatable bonds is 4. The van der Waals surface area contributed by atoms with Gasteiger partial charge in [0.25, 0.3) is 0 Å². The molecule has 30 heavy (non-hydrogen) atoms. The highest BCUT2D eigenvalue weighted by Crippen LogP contribution is 2.48. The van der Waals surface area contributed by atoms with E-state index in [-0.39, 0.29) is 18.2 Å². The van der Waals surface area contributed by atoms with Gasteiger partial charge >= 0.3 is 11.8 Å². The summed E-state index contributed by atoms with van der Waals surface area (Å²) in [6.45, 7) is 7.40. The lowest BCUT2D eigenvalue weighted by atomic mass is 9.85. The molecular formula is C23H29FN2O4. The predicted molar refractivity (Wildman–Crippen MR) is 111 cm³/mol. The van der Waals surface area contributed by atoms with E-state index in [1.807, 2.05) is 25.7 Å². The fraction of sp³-hybridized carbons (Fsp3) is 0.609. The van der Waals surface area contributed by atoms with Crippen molar-refractivity contribution < 1.29 is 18.8 Å². The first-order valence-corrected chi connectivity index (χ1v) is 10.7. The zero-order valence-corrected chi connectivity index (χ0v) is 18.0. The summed E-state index contributed by atoms with van der Waals surface area (Å²) < 4.78 is 20.2. The number of halogens is 1. The number of ether oxygens (including phenoxy) is 1. The standard InChI is InChI=1S/C23H29FN2O4/c1-13-9-21(26(28)29)18(24)12-17(13)16-10-19(14-5-6-14)25(20(11-16)15-7-8-15)22(27)30-23(2,3)4/h9-10,12,14-15,19-20H,5-8,11H2,1-4H3. The second-order valence-electron chi connectivity index (χ2n) is 9.89. The molecule has 1 amide bonds. The first-order chi connectivity index (χ1) is 14.0. The van der Waals surface area contributed by atoms with Crippen LogP contribution in [0.2, 0.25) is 0 Å². The first kappa shape index (κ1) is 20.8. The van der Waals surface area contributed by atoms with E-state index in [2.05, 4.69) is 6.08 Å². The maximum atomic E-state index is 14.4. The molecule has 2 unspecified atom stereocenters. The number of carbonyl (C=O) groups excluding carboxylic acids is 1. The summed E-state index contributed by atoms with van der Waals surface area (Å²) in [6.07, 6.45) is 6.67. The lowest BCUT2D eigenvalue weighted by molar-refractivity contribution is -0.387. The molecule has 7 heteroatoms. The minimum Gasteiger partial charge on any atom is -0.444 e. The molecule has 2 fully saturated rings. The van der Waals surface area contributed by atoms with Crippen LogP contribution in [0.25, 0.3) is 5.57 Å². The average Bonchev–Trinajstić information content (AvgIpc) is 3.53. The number of nitro groups is 1. The van der Waals surface area contributed by atoms with Crippen LogP contribution in [0, 0.1) is 34.7 Å². The average molecular weight is 416 g/mol. The number of nitrogens with zero attached hydrogens (tertiary/aromatic N) is 2. The Hall–Kier alpha value is -2.44. The molecule has 0 spiro atoms. The Labute approximate surface area is 176 Å². The van der Waals surface area contributed by atoms with Crippen LogP contribution in [0.5, 0.6) is 0 Å². The number of hydrogen-bond donors (Lipinski definition) is 0. The molecule has 2 saturated carbocycles. The minimum atomic E-state index is -0.818. The van der Waals surface area contributed by atoms with Crippen molar-refractivity contribution in [3.05, 3.63) is 45.3 Å². The van der Waals surface area contributed by atoms with Gasteiger partial charge in [-0.3, -0.25) is 15.0 Å². The Morgan fingerprint density at radius 2 is 1.83 bits per heavy atom. The minimum absolute atomic E-state index is 0.0168. The molecule has 2 atom stereocenters. The molecule has 1 aromatic carbocycles. The number of carbonyl (C=O) groups is 1. The van der Waals surface area contributed by atoms with E-state index >= 15 is 0 Å². The highest BCUT2D eigenvalue weighted by Gasteiger charge is 2.48. The zero-order valence-electron chi connectivity index (χ0n) is 18.0. The highest BCUT2D eigenvalue weighted by molar-refractivity contribution is 5.76. The third-order valence-corrected chi connectivity index (χ3v) is 6.19. The van der Waals surface area contributed by atoms with Crippen LogP contribution < -0.4 is 0 Å². The third kappa shape index (κ3) is 4.20. The lowest BCUT2D eigenvalue weighted by Gasteiger charge is -2.42. The third-order valence-electron chi connectivity index (χ3n) is 6.19. The van der Waals surface area contributed by atoms with Gasteiger partial charge in [0, 0.05) is 12.1 Å². The molecule has 0 radical (unpaired) electrons. The van der Waals surface area contributed by atoms with Gasteiger partial charge in [0.1, 0.15) is 5.60 Å². The van der Waals surface area contributed by atoms with Gasteiger partial charge < -0.3 is 4.74 Å². The van der Waals surface area contributed by atoms with Crippen molar-refractivity contribution in [2.24, 2.45) is 11.8 Å². The highest BCUT2D eigenvalue weighted by atomic mass is 19.1. The number of amides is 1. The molecule has 0 N–H and O–H groups in total. The van der Waals surface area contributed by atoms with Gasteiger partial charge in [-0.1, -0.05) is 6.08 Å². The van der Waals surface area contributed by atoms with Crippen molar-refractivity contribution in [3.8, 4) is 0 Å². The molecule has 1 aliphatic heterocycles. The lowest BCUT2D eigenvalue weighted by Crippen LogP contribution is -2.52. The molecule has 0 aromatic heterocycles. The van der Waals surface area contributed by atoms with Gasteiger partial charge in [-0.15, -0.1) is 0 Å². The van der Waals surface area contributed by atoms with E-state index in [4.69, 9.17) is 4.74 Å². The molecule has 0 bridgehead atoms. The van der Waals surface area contributed by atoms with Crippen LogP contribution in [-0.2, 0) is 4.74 Å². The molecule has 0 saturated heterocycles. The van der Waals surface area contributed by atoms with Crippen LogP contribution in [0.3, 0.4) is 0 Å². The number of hydrogen-bond acceptors (Lipinski definition) is 4. The Bertz CT molecular complexity index is 913. The summed E-state index contributed by atoms with van der Waals surface area (Å²) in [7, 11) is 0. The Morgan fingerprint density at radius 3 is 2.37 bits per heavy atom. The molecule has 1 heterocycles. The topological polar surface area (TPSA) is 72.7 Å². The van der Waals surface area contributed by atoms with Crippen molar-refractivity contribution in [2.75, 3.05) is 0 Å². The normalized spacial score (nSPS) is 24.4. The summed E-state index contributed by atoms with van der Waals surface area (Å²) in [4.78, 5) is 25.5. The molecule has 1 aromatic rings. The summed E-state index contributed by atoms with van der Waals surface area (Å²) in [6, 6.07) is 2.54. The second kappa shape index (κ2) is 7.36. The van der Waals surface area contributed by atoms with Crippen LogP contribution in [-0.4, -0.2) is 33.6 Å². The van der Waals surface area contributed by atoms with Gasteiger partial charge in [0.15, 0.2) is 0 Å². The van der Waals surface area contributed by atoms with Gasteiger partial charge in [0.05, 0.1) is 11.0 Å². The molecule has 3 aliphatic rings. The fourth-order valence-electron chi connectivity index (χ4n) is 4.50. The van der Waals surface area contributed by atoms with E-state index in [1.54, 1.807) is 6.92 Å². The molecule has 162 valence electrons. The van der Waals surface area contributed by atoms with E-state index in [9.17, 15) is 19.3 Å². The fourth-order valence-corrected chi connectivity index (χ4v) is 4.50. The molecular weight excluding hydrogens is 387 g/mol. The number of benzene rings is 1. The Morgan fingerprint density at radius 1 is 1.20 bits per heavy atom. The number of aryl methyl sites for hydroxylation is 1. The molecule has 2 aliphatic carbocycles.